The third kappa shape index (κ3) is 2.03. The quantitative estimate of drug-likeness (QED) is 0.581. The third-order valence-corrected chi connectivity index (χ3v) is 3.66. The van der Waals surface area contributed by atoms with Gasteiger partial charge in [-0.2, -0.15) is 4.98 Å². The number of nitrogens with zero attached hydrogens (tertiary/aromatic N) is 1. The van der Waals surface area contributed by atoms with Gasteiger partial charge in [-0.1, -0.05) is 24.3 Å². The SMILES string of the molecule is Nc1nc(-c2c[nH]c3cc(-c4ccc(F)cc4)ccc23)co1. The summed E-state index contributed by atoms with van der Waals surface area (Å²) in [6.45, 7) is 0. The fourth-order valence-corrected chi connectivity index (χ4v) is 2.57. The number of aromatic nitrogens is 2. The van der Waals surface area contributed by atoms with Crippen LogP contribution < -0.4 is 5.73 Å². The van der Waals surface area contributed by atoms with Gasteiger partial charge in [-0.05, 0) is 29.3 Å². The fourth-order valence-electron chi connectivity index (χ4n) is 2.57. The highest BCUT2D eigenvalue weighted by Crippen LogP contribution is 2.31. The lowest BCUT2D eigenvalue weighted by Crippen LogP contribution is -1.83. The number of hydrogen-bond donors (Lipinski definition) is 2. The van der Waals surface area contributed by atoms with E-state index in [1.54, 1.807) is 12.1 Å². The van der Waals surface area contributed by atoms with Crippen molar-refractivity contribution in [3.8, 4) is 22.4 Å². The molecule has 4 rings (SSSR count). The lowest BCUT2D eigenvalue weighted by molar-refractivity contribution is 0.581. The summed E-state index contributed by atoms with van der Waals surface area (Å²) in [6, 6.07) is 12.6. The molecule has 0 aliphatic carbocycles. The monoisotopic (exact) mass is 293 g/mol. The average Bonchev–Trinajstić information content (AvgIpc) is 3.13. The van der Waals surface area contributed by atoms with Gasteiger partial charge in [0.15, 0.2) is 0 Å². The smallest absolute Gasteiger partial charge is 0.292 e. The number of nitrogen functional groups attached to an aromatic ring is 1. The summed E-state index contributed by atoms with van der Waals surface area (Å²) in [4.78, 5) is 7.36. The zero-order valence-corrected chi connectivity index (χ0v) is 11.5. The van der Waals surface area contributed by atoms with Gasteiger partial charge in [0.05, 0.1) is 0 Å². The van der Waals surface area contributed by atoms with Crippen molar-refractivity contribution in [3.05, 3.63) is 60.7 Å². The van der Waals surface area contributed by atoms with Crippen LogP contribution in [0.3, 0.4) is 0 Å². The van der Waals surface area contributed by atoms with E-state index in [1.807, 2.05) is 24.4 Å². The molecule has 2 heterocycles. The Hall–Kier alpha value is -3.08. The molecule has 2 aromatic heterocycles. The number of nitrogens with one attached hydrogen (secondary N) is 1. The van der Waals surface area contributed by atoms with Gasteiger partial charge in [-0.3, -0.25) is 0 Å². The minimum atomic E-state index is -0.240. The van der Waals surface area contributed by atoms with Crippen LogP contribution in [0, 0.1) is 5.82 Å². The molecule has 0 aliphatic rings. The van der Waals surface area contributed by atoms with E-state index in [2.05, 4.69) is 9.97 Å². The molecule has 0 saturated heterocycles. The second-order valence-corrected chi connectivity index (χ2v) is 5.04. The summed E-state index contributed by atoms with van der Waals surface area (Å²) in [7, 11) is 0. The zero-order valence-electron chi connectivity index (χ0n) is 11.5. The highest BCUT2D eigenvalue weighted by atomic mass is 19.1. The van der Waals surface area contributed by atoms with E-state index < -0.39 is 0 Å². The summed E-state index contributed by atoms with van der Waals surface area (Å²) in [6.07, 6.45) is 3.40. The first-order valence-electron chi connectivity index (χ1n) is 6.79. The van der Waals surface area contributed by atoms with Crippen LogP contribution in [0.1, 0.15) is 0 Å². The van der Waals surface area contributed by atoms with Crippen molar-refractivity contribution in [2.24, 2.45) is 0 Å². The lowest BCUT2D eigenvalue weighted by Gasteiger charge is -2.02. The third-order valence-electron chi connectivity index (χ3n) is 3.66. The van der Waals surface area contributed by atoms with E-state index in [-0.39, 0.29) is 11.8 Å². The topological polar surface area (TPSA) is 67.8 Å². The number of nitrogens with two attached hydrogens (primary N) is 1. The number of anilines is 1. The summed E-state index contributed by atoms with van der Waals surface area (Å²) in [5.74, 6) is -0.240. The summed E-state index contributed by atoms with van der Waals surface area (Å²) in [5, 5.41) is 1.03. The first kappa shape index (κ1) is 12.6. The van der Waals surface area contributed by atoms with Gasteiger partial charge in [0.1, 0.15) is 17.8 Å². The molecule has 4 aromatic rings. The van der Waals surface area contributed by atoms with E-state index in [0.717, 1.165) is 27.6 Å². The molecule has 22 heavy (non-hydrogen) atoms. The van der Waals surface area contributed by atoms with Gasteiger partial charge >= 0.3 is 0 Å². The minimum Gasteiger partial charge on any atom is -0.432 e. The van der Waals surface area contributed by atoms with E-state index in [9.17, 15) is 4.39 Å². The number of benzene rings is 2. The van der Waals surface area contributed by atoms with E-state index >= 15 is 0 Å². The predicted octanol–water partition coefficient (Wildman–Crippen LogP) is 4.21. The first-order valence-corrected chi connectivity index (χ1v) is 6.79. The Balaban J connectivity index is 1.81. The number of rotatable bonds is 2. The van der Waals surface area contributed by atoms with Gasteiger partial charge in [-0.25, -0.2) is 4.39 Å². The molecular formula is C17H12FN3O. The molecule has 4 nitrogen and oxygen atoms in total. The fraction of sp³-hybridized carbons (Fsp3) is 0. The maximum absolute atomic E-state index is 13.0. The number of fused-ring (bicyclic) bond motifs is 1. The molecule has 0 saturated carbocycles. The van der Waals surface area contributed by atoms with Crippen LogP contribution in [0.25, 0.3) is 33.3 Å². The van der Waals surface area contributed by atoms with Crippen LogP contribution in [-0.4, -0.2) is 9.97 Å². The number of hydrogen-bond acceptors (Lipinski definition) is 3. The molecule has 3 N–H and O–H groups in total. The summed E-state index contributed by atoms with van der Waals surface area (Å²) in [5.41, 5.74) is 10.1. The first-order chi connectivity index (χ1) is 10.7. The molecule has 0 amide bonds. The zero-order chi connectivity index (χ0) is 15.1. The largest absolute Gasteiger partial charge is 0.432 e. The maximum atomic E-state index is 13.0. The Morgan fingerprint density at radius 2 is 1.82 bits per heavy atom. The van der Waals surface area contributed by atoms with Crippen LogP contribution in [0.15, 0.2) is 59.3 Å². The summed E-state index contributed by atoms with van der Waals surface area (Å²) < 4.78 is 18.1. The van der Waals surface area contributed by atoms with Crippen LogP contribution in [0.5, 0.6) is 0 Å². The number of halogens is 1. The van der Waals surface area contributed by atoms with Gasteiger partial charge in [0.2, 0.25) is 0 Å². The minimum absolute atomic E-state index is 0.146. The lowest BCUT2D eigenvalue weighted by atomic mass is 10.0. The van der Waals surface area contributed by atoms with E-state index in [4.69, 9.17) is 10.2 Å². The highest BCUT2D eigenvalue weighted by molar-refractivity contribution is 5.96. The van der Waals surface area contributed by atoms with Crippen LogP contribution in [0.2, 0.25) is 0 Å². The van der Waals surface area contributed by atoms with Gasteiger partial charge < -0.3 is 15.1 Å². The second-order valence-electron chi connectivity index (χ2n) is 5.04. The van der Waals surface area contributed by atoms with E-state index in [0.29, 0.717) is 5.69 Å². The molecule has 2 aromatic carbocycles. The molecule has 0 atom stereocenters. The molecule has 108 valence electrons. The molecule has 0 radical (unpaired) electrons. The van der Waals surface area contributed by atoms with Gasteiger partial charge in [0.25, 0.3) is 6.01 Å². The molecule has 0 aliphatic heterocycles. The molecule has 0 bridgehead atoms. The Kier molecular flexibility index (Phi) is 2.72. The van der Waals surface area contributed by atoms with Crippen molar-refractivity contribution in [2.45, 2.75) is 0 Å². The standard InChI is InChI=1S/C17H12FN3O/c18-12-4-1-10(2-5-12)11-3-6-13-14(8-20-15(13)7-11)16-9-22-17(19)21-16/h1-9,20H,(H2,19,21). The predicted molar refractivity (Wildman–Crippen MR) is 83.6 cm³/mol. The molecule has 0 fully saturated rings. The molecule has 0 spiro atoms. The highest BCUT2D eigenvalue weighted by Gasteiger charge is 2.11. The van der Waals surface area contributed by atoms with Gasteiger partial charge in [0, 0.05) is 22.7 Å². The second kappa shape index (κ2) is 4.73. The molecule has 0 unspecified atom stereocenters. The molecule has 5 heteroatoms. The average molecular weight is 293 g/mol. The maximum Gasteiger partial charge on any atom is 0.292 e. The van der Waals surface area contributed by atoms with Crippen molar-refractivity contribution in [1.82, 2.24) is 9.97 Å². The van der Waals surface area contributed by atoms with Crippen molar-refractivity contribution < 1.29 is 8.81 Å². The van der Waals surface area contributed by atoms with Crippen molar-refractivity contribution in [2.75, 3.05) is 5.73 Å². The van der Waals surface area contributed by atoms with Crippen molar-refractivity contribution in [1.29, 1.82) is 0 Å². The van der Waals surface area contributed by atoms with Crippen LogP contribution >= 0.6 is 0 Å². The molecular weight excluding hydrogens is 281 g/mol. The van der Waals surface area contributed by atoms with E-state index in [1.165, 1.54) is 18.4 Å². The summed E-state index contributed by atoms with van der Waals surface area (Å²) >= 11 is 0. The Morgan fingerprint density at radius 1 is 1.05 bits per heavy atom. The normalized spacial score (nSPS) is 11.1. The number of H-pyrrole nitrogens is 1. The Bertz CT molecular complexity index is 954. The van der Waals surface area contributed by atoms with Crippen molar-refractivity contribution >= 4 is 16.9 Å². The van der Waals surface area contributed by atoms with Crippen LogP contribution in [0.4, 0.5) is 10.4 Å². The Morgan fingerprint density at radius 3 is 2.55 bits per heavy atom. The number of oxazole rings is 1. The van der Waals surface area contributed by atoms with Crippen LogP contribution in [-0.2, 0) is 0 Å². The number of aromatic amines is 1. The van der Waals surface area contributed by atoms with Gasteiger partial charge in [-0.15, -0.1) is 0 Å². The Labute approximate surface area is 125 Å². The van der Waals surface area contributed by atoms with Crippen molar-refractivity contribution in [3.63, 3.8) is 0 Å².